The summed E-state index contributed by atoms with van der Waals surface area (Å²) in [6.45, 7) is 8.56. The van der Waals surface area contributed by atoms with Gasteiger partial charge in [-0.1, -0.05) is 26.0 Å². The number of hydrogen-bond donors (Lipinski definition) is 1. The van der Waals surface area contributed by atoms with E-state index in [4.69, 9.17) is 0 Å². The van der Waals surface area contributed by atoms with E-state index in [0.29, 0.717) is 30.2 Å². The number of hydrogen-bond acceptors (Lipinski definition) is 3. The minimum atomic E-state index is -0.0288. The van der Waals surface area contributed by atoms with Crippen LogP contribution in [-0.2, 0) is 6.42 Å². The second-order valence-electron chi connectivity index (χ2n) is 7.27. The van der Waals surface area contributed by atoms with Crippen molar-refractivity contribution in [2.24, 2.45) is 11.8 Å². The molecule has 4 heteroatoms. The lowest BCUT2D eigenvalue weighted by molar-refractivity contribution is 0.0945. The SMILES string of the molecule is CC(C)CN1CCC(CNC(=O)c2cccc3c2CCC3=O)C1. The fraction of sp³-hybridized carbons (Fsp3) is 0.579. The molecule has 1 aliphatic heterocycles. The Bertz CT molecular complexity index is 609. The molecule has 1 aliphatic carbocycles. The normalized spacial score (nSPS) is 21.0. The number of Topliss-reactive ketones (excluding diaryl/α,β-unsaturated/α-hetero) is 1. The molecule has 1 saturated heterocycles. The summed E-state index contributed by atoms with van der Waals surface area (Å²) < 4.78 is 0. The van der Waals surface area contributed by atoms with E-state index in [2.05, 4.69) is 24.1 Å². The van der Waals surface area contributed by atoms with Gasteiger partial charge in [-0.3, -0.25) is 9.59 Å². The molecule has 1 N–H and O–H groups in total. The van der Waals surface area contributed by atoms with Crippen molar-refractivity contribution in [1.29, 1.82) is 0 Å². The van der Waals surface area contributed by atoms with Crippen LogP contribution in [0.25, 0.3) is 0 Å². The van der Waals surface area contributed by atoms with Crippen molar-refractivity contribution >= 4 is 11.7 Å². The van der Waals surface area contributed by atoms with Crippen LogP contribution in [0, 0.1) is 11.8 Å². The lowest BCUT2D eigenvalue weighted by atomic mass is 10.0. The molecule has 1 heterocycles. The van der Waals surface area contributed by atoms with Crippen molar-refractivity contribution in [2.45, 2.75) is 33.1 Å². The standard InChI is InChI=1S/C19H26N2O2/c1-13(2)11-21-9-8-14(12-21)10-20-19(23)17-5-3-4-16-15(17)6-7-18(16)22/h3-5,13-14H,6-12H2,1-2H3,(H,20,23). The highest BCUT2D eigenvalue weighted by Crippen LogP contribution is 2.25. The van der Waals surface area contributed by atoms with Gasteiger partial charge in [-0.25, -0.2) is 0 Å². The third-order valence-corrected chi connectivity index (χ3v) is 4.87. The summed E-state index contributed by atoms with van der Waals surface area (Å²) in [5.74, 6) is 1.36. The van der Waals surface area contributed by atoms with Gasteiger partial charge in [0.1, 0.15) is 0 Å². The lowest BCUT2D eigenvalue weighted by Gasteiger charge is -2.18. The van der Waals surface area contributed by atoms with Crippen LogP contribution in [0.1, 0.15) is 53.0 Å². The molecule has 4 nitrogen and oxygen atoms in total. The summed E-state index contributed by atoms with van der Waals surface area (Å²) in [6.07, 6.45) is 2.38. The van der Waals surface area contributed by atoms with E-state index >= 15 is 0 Å². The average molecular weight is 314 g/mol. The summed E-state index contributed by atoms with van der Waals surface area (Å²) in [4.78, 5) is 26.8. The van der Waals surface area contributed by atoms with Crippen molar-refractivity contribution < 1.29 is 9.59 Å². The highest BCUT2D eigenvalue weighted by atomic mass is 16.1. The first-order valence-electron chi connectivity index (χ1n) is 8.70. The second-order valence-corrected chi connectivity index (χ2v) is 7.27. The van der Waals surface area contributed by atoms with Gasteiger partial charge in [0.2, 0.25) is 0 Å². The molecule has 0 saturated carbocycles. The zero-order valence-electron chi connectivity index (χ0n) is 14.1. The summed E-state index contributed by atoms with van der Waals surface area (Å²) in [7, 11) is 0. The molecular weight excluding hydrogens is 288 g/mol. The Labute approximate surface area is 138 Å². The molecule has 23 heavy (non-hydrogen) atoms. The van der Waals surface area contributed by atoms with E-state index in [1.807, 2.05) is 18.2 Å². The molecule has 3 rings (SSSR count). The number of amides is 1. The molecule has 1 amide bonds. The Morgan fingerprint density at radius 2 is 2.17 bits per heavy atom. The number of nitrogens with one attached hydrogen (secondary N) is 1. The van der Waals surface area contributed by atoms with Crippen LogP contribution in [0.15, 0.2) is 18.2 Å². The largest absolute Gasteiger partial charge is 0.352 e. The van der Waals surface area contributed by atoms with Crippen LogP contribution in [-0.4, -0.2) is 42.8 Å². The minimum Gasteiger partial charge on any atom is -0.352 e. The third kappa shape index (κ3) is 3.63. The number of benzene rings is 1. The van der Waals surface area contributed by atoms with Crippen molar-refractivity contribution in [3.8, 4) is 0 Å². The molecule has 0 aromatic heterocycles. The van der Waals surface area contributed by atoms with Gasteiger partial charge in [0.15, 0.2) is 5.78 Å². The van der Waals surface area contributed by atoms with Crippen molar-refractivity contribution in [3.63, 3.8) is 0 Å². The number of rotatable bonds is 5. The summed E-state index contributed by atoms with van der Waals surface area (Å²) in [5.41, 5.74) is 2.36. The van der Waals surface area contributed by atoms with E-state index in [1.54, 1.807) is 0 Å². The van der Waals surface area contributed by atoms with Gasteiger partial charge in [-0.2, -0.15) is 0 Å². The Morgan fingerprint density at radius 3 is 2.96 bits per heavy atom. The number of carbonyl (C=O) groups excluding carboxylic acids is 2. The predicted octanol–water partition coefficient (Wildman–Crippen LogP) is 2.52. The number of likely N-dealkylation sites (tertiary alicyclic amines) is 1. The van der Waals surface area contributed by atoms with Crippen LogP contribution in [0.4, 0.5) is 0 Å². The monoisotopic (exact) mass is 314 g/mol. The van der Waals surface area contributed by atoms with Gasteiger partial charge in [-0.15, -0.1) is 0 Å². The maximum Gasteiger partial charge on any atom is 0.251 e. The highest BCUT2D eigenvalue weighted by Gasteiger charge is 2.26. The summed E-state index contributed by atoms with van der Waals surface area (Å²) in [6, 6.07) is 5.49. The molecular formula is C19H26N2O2. The van der Waals surface area contributed by atoms with Crippen LogP contribution in [0.5, 0.6) is 0 Å². The maximum atomic E-state index is 12.5. The van der Waals surface area contributed by atoms with E-state index < -0.39 is 0 Å². The Morgan fingerprint density at radius 1 is 1.35 bits per heavy atom. The Hall–Kier alpha value is -1.68. The van der Waals surface area contributed by atoms with Crippen LogP contribution in [0.2, 0.25) is 0 Å². The molecule has 0 bridgehead atoms. The molecule has 1 aromatic carbocycles. The number of nitrogens with zero attached hydrogens (tertiary/aromatic N) is 1. The molecule has 0 spiro atoms. The fourth-order valence-electron chi connectivity index (χ4n) is 3.80. The van der Waals surface area contributed by atoms with E-state index in [9.17, 15) is 9.59 Å². The number of carbonyl (C=O) groups is 2. The average Bonchev–Trinajstić information content (AvgIpc) is 3.11. The maximum absolute atomic E-state index is 12.5. The fourth-order valence-corrected chi connectivity index (χ4v) is 3.80. The zero-order chi connectivity index (χ0) is 16.4. The molecule has 0 radical (unpaired) electrons. The Balaban J connectivity index is 1.56. The van der Waals surface area contributed by atoms with Crippen LogP contribution < -0.4 is 5.32 Å². The van der Waals surface area contributed by atoms with Crippen LogP contribution >= 0.6 is 0 Å². The summed E-state index contributed by atoms with van der Waals surface area (Å²) >= 11 is 0. The van der Waals surface area contributed by atoms with E-state index in [1.165, 1.54) is 0 Å². The smallest absolute Gasteiger partial charge is 0.251 e. The van der Waals surface area contributed by atoms with Gasteiger partial charge in [0.05, 0.1) is 0 Å². The quantitative estimate of drug-likeness (QED) is 0.908. The summed E-state index contributed by atoms with van der Waals surface area (Å²) in [5, 5.41) is 3.08. The van der Waals surface area contributed by atoms with Crippen molar-refractivity contribution in [2.75, 3.05) is 26.2 Å². The zero-order valence-corrected chi connectivity index (χ0v) is 14.1. The predicted molar refractivity (Wildman–Crippen MR) is 90.8 cm³/mol. The molecule has 1 aromatic rings. The number of ketones is 1. The van der Waals surface area contributed by atoms with Crippen molar-refractivity contribution in [1.82, 2.24) is 10.2 Å². The van der Waals surface area contributed by atoms with Gasteiger partial charge in [0.25, 0.3) is 5.91 Å². The van der Waals surface area contributed by atoms with Crippen LogP contribution in [0.3, 0.4) is 0 Å². The molecule has 124 valence electrons. The number of fused-ring (bicyclic) bond motifs is 1. The molecule has 2 aliphatic rings. The molecule has 1 atom stereocenters. The molecule has 1 fully saturated rings. The molecule has 1 unspecified atom stereocenters. The lowest BCUT2D eigenvalue weighted by Crippen LogP contribution is -2.32. The Kier molecular flexibility index (Phi) is 4.81. The van der Waals surface area contributed by atoms with Gasteiger partial charge in [0, 0.05) is 37.2 Å². The highest BCUT2D eigenvalue weighted by molar-refractivity contribution is 6.05. The first-order valence-corrected chi connectivity index (χ1v) is 8.70. The van der Waals surface area contributed by atoms with E-state index in [-0.39, 0.29) is 11.7 Å². The minimum absolute atomic E-state index is 0.0288. The van der Waals surface area contributed by atoms with Crippen molar-refractivity contribution in [3.05, 3.63) is 34.9 Å². The second kappa shape index (κ2) is 6.83. The first-order chi connectivity index (χ1) is 11.0. The first kappa shape index (κ1) is 16.2. The van der Waals surface area contributed by atoms with Gasteiger partial charge >= 0.3 is 0 Å². The third-order valence-electron chi connectivity index (χ3n) is 4.87. The van der Waals surface area contributed by atoms with Gasteiger partial charge < -0.3 is 10.2 Å². The topological polar surface area (TPSA) is 49.4 Å². The van der Waals surface area contributed by atoms with E-state index in [0.717, 1.165) is 43.7 Å². The van der Waals surface area contributed by atoms with Gasteiger partial charge in [-0.05, 0) is 42.9 Å².